The van der Waals surface area contributed by atoms with Crippen LogP contribution in [0.2, 0.25) is 0 Å². The van der Waals surface area contributed by atoms with Gasteiger partial charge in [-0.05, 0) is 36.4 Å². The fraction of sp³-hybridized carbons (Fsp3) is 0.154. The van der Waals surface area contributed by atoms with Gasteiger partial charge in [-0.2, -0.15) is 0 Å². The number of allylic oxidation sites excluding steroid dienone is 1. The number of nitrogens with zero attached hydrogens (tertiary/aromatic N) is 3. The molecular formula is C26H23N3O4. The quantitative estimate of drug-likeness (QED) is 0.199. The molecule has 5 aromatic rings. The van der Waals surface area contributed by atoms with Crippen molar-refractivity contribution in [2.45, 2.75) is 13.1 Å². The fourth-order valence-electron chi connectivity index (χ4n) is 4.42. The van der Waals surface area contributed by atoms with E-state index in [9.17, 15) is 4.79 Å². The highest BCUT2D eigenvalue weighted by Gasteiger charge is 2.17. The number of rotatable bonds is 7. The van der Waals surface area contributed by atoms with Crippen LogP contribution < -0.4 is 4.74 Å². The van der Waals surface area contributed by atoms with E-state index in [1.807, 2.05) is 24.3 Å². The number of aromatic nitrogens is 3. The summed E-state index contributed by atoms with van der Waals surface area (Å²) in [5, 5.41) is 11.3. The van der Waals surface area contributed by atoms with Crippen LogP contribution in [0.15, 0.2) is 73.3 Å². The monoisotopic (exact) mass is 441 g/mol. The first-order valence-corrected chi connectivity index (χ1v) is 10.6. The molecule has 0 unspecified atom stereocenters. The Kier molecular flexibility index (Phi) is 5.32. The number of methoxy groups -OCH3 is 1. The van der Waals surface area contributed by atoms with Crippen LogP contribution in [0.3, 0.4) is 0 Å². The van der Waals surface area contributed by atoms with E-state index < -0.39 is 6.16 Å². The number of benzene rings is 3. The maximum absolute atomic E-state index is 10.9. The predicted octanol–water partition coefficient (Wildman–Crippen LogP) is 5.70. The van der Waals surface area contributed by atoms with E-state index in [1.54, 1.807) is 19.2 Å². The van der Waals surface area contributed by atoms with E-state index in [-0.39, 0.29) is 5.75 Å². The molecule has 3 aromatic carbocycles. The van der Waals surface area contributed by atoms with Crippen molar-refractivity contribution in [3.63, 3.8) is 0 Å². The smallest absolute Gasteiger partial charge is 0.449 e. The summed E-state index contributed by atoms with van der Waals surface area (Å²) < 4.78 is 14.5. The number of hydrogen-bond acceptors (Lipinski definition) is 4. The normalized spacial score (nSPS) is 11.4. The van der Waals surface area contributed by atoms with E-state index in [0.717, 1.165) is 39.9 Å². The molecule has 7 nitrogen and oxygen atoms in total. The van der Waals surface area contributed by atoms with Gasteiger partial charge in [0.15, 0.2) is 0 Å². The van der Waals surface area contributed by atoms with Gasteiger partial charge in [-0.1, -0.05) is 24.3 Å². The van der Waals surface area contributed by atoms with Crippen molar-refractivity contribution < 1.29 is 19.4 Å². The van der Waals surface area contributed by atoms with Gasteiger partial charge in [0.05, 0.1) is 17.6 Å². The van der Waals surface area contributed by atoms with Gasteiger partial charge in [0.1, 0.15) is 11.6 Å². The highest BCUT2D eigenvalue weighted by atomic mass is 16.7. The average Bonchev–Trinajstić information content (AvgIpc) is 3.33. The topological polar surface area (TPSA) is 78.5 Å². The highest BCUT2D eigenvalue weighted by molar-refractivity contribution is 6.09. The van der Waals surface area contributed by atoms with E-state index in [2.05, 4.69) is 46.0 Å². The Balaban J connectivity index is 1.71. The largest absolute Gasteiger partial charge is 0.511 e. The highest BCUT2D eigenvalue weighted by Crippen LogP contribution is 2.34. The molecule has 0 spiro atoms. The third-order valence-electron chi connectivity index (χ3n) is 5.79. The lowest BCUT2D eigenvalue weighted by molar-refractivity contribution is 0.144. The van der Waals surface area contributed by atoms with Crippen molar-refractivity contribution in [2.75, 3.05) is 13.7 Å². The fourth-order valence-corrected chi connectivity index (χ4v) is 4.42. The zero-order valence-electron chi connectivity index (χ0n) is 18.2. The third kappa shape index (κ3) is 3.62. The lowest BCUT2D eigenvalue weighted by atomic mass is 10.1. The molecule has 0 amide bonds. The molecule has 166 valence electrons. The Bertz CT molecular complexity index is 1510. The van der Waals surface area contributed by atoms with E-state index >= 15 is 0 Å². The Morgan fingerprint density at radius 2 is 1.82 bits per heavy atom. The second kappa shape index (κ2) is 8.44. The zero-order chi connectivity index (χ0) is 22.9. The van der Waals surface area contributed by atoms with Crippen LogP contribution in [0, 0.1) is 0 Å². The van der Waals surface area contributed by atoms with Crippen LogP contribution in [-0.2, 0) is 17.8 Å². The molecule has 33 heavy (non-hydrogen) atoms. The van der Waals surface area contributed by atoms with Crippen LogP contribution in [0.5, 0.6) is 5.75 Å². The first-order valence-electron chi connectivity index (χ1n) is 10.6. The Morgan fingerprint density at radius 1 is 1.03 bits per heavy atom. The van der Waals surface area contributed by atoms with Gasteiger partial charge < -0.3 is 23.7 Å². The van der Waals surface area contributed by atoms with Crippen molar-refractivity contribution in [2.24, 2.45) is 0 Å². The minimum absolute atomic E-state index is 0.237. The molecule has 2 heterocycles. The summed E-state index contributed by atoms with van der Waals surface area (Å²) in [6.45, 7) is 5.76. The second-order valence-corrected chi connectivity index (χ2v) is 7.75. The van der Waals surface area contributed by atoms with Gasteiger partial charge in [0.25, 0.3) is 0 Å². The number of imidazole rings is 1. The zero-order valence-corrected chi connectivity index (χ0v) is 18.2. The van der Waals surface area contributed by atoms with Crippen LogP contribution in [-0.4, -0.2) is 39.1 Å². The number of ether oxygens (including phenoxy) is 2. The lowest BCUT2D eigenvalue weighted by Crippen LogP contribution is -2.06. The van der Waals surface area contributed by atoms with Gasteiger partial charge in [-0.3, -0.25) is 0 Å². The average molecular weight is 441 g/mol. The van der Waals surface area contributed by atoms with Gasteiger partial charge >= 0.3 is 6.16 Å². The standard InChI is InChI=1S/C26H23N3O4/c1-3-12-28-22-7-5-4-6-19(22)20-15-17(8-10-23(20)28)25-27-21-16-18(33-26(30)31)9-11-24(21)29(25)13-14-32-2/h3-11,15-16H,1,12-14H2,2H3,(H,30,31). The van der Waals surface area contributed by atoms with Crippen LogP contribution >= 0.6 is 0 Å². The van der Waals surface area contributed by atoms with Crippen LogP contribution in [0.25, 0.3) is 44.2 Å². The molecule has 2 aromatic heterocycles. The molecular weight excluding hydrogens is 418 g/mol. The second-order valence-electron chi connectivity index (χ2n) is 7.75. The molecule has 0 aliphatic carbocycles. The van der Waals surface area contributed by atoms with Crippen molar-refractivity contribution >= 4 is 39.0 Å². The maximum atomic E-state index is 10.9. The van der Waals surface area contributed by atoms with Gasteiger partial charge in [-0.25, -0.2) is 9.78 Å². The molecule has 0 atom stereocenters. The minimum Gasteiger partial charge on any atom is -0.449 e. The number of fused-ring (bicyclic) bond motifs is 4. The molecule has 0 radical (unpaired) electrons. The van der Waals surface area contributed by atoms with Crippen LogP contribution in [0.4, 0.5) is 4.79 Å². The maximum Gasteiger partial charge on any atom is 0.511 e. The number of carbonyl (C=O) groups is 1. The third-order valence-corrected chi connectivity index (χ3v) is 5.79. The summed E-state index contributed by atoms with van der Waals surface area (Å²) in [7, 11) is 1.66. The first-order chi connectivity index (χ1) is 16.1. The summed E-state index contributed by atoms with van der Waals surface area (Å²) in [6, 6.07) is 19.8. The van der Waals surface area contributed by atoms with E-state index in [1.165, 1.54) is 5.39 Å². The molecule has 5 rings (SSSR count). The molecule has 0 aliphatic rings. The first kappa shape index (κ1) is 20.8. The summed E-state index contributed by atoms with van der Waals surface area (Å²) in [4.78, 5) is 15.8. The minimum atomic E-state index is -1.35. The van der Waals surface area contributed by atoms with Crippen molar-refractivity contribution in [3.05, 3.63) is 73.3 Å². The molecule has 0 saturated carbocycles. The molecule has 7 heteroatoms. The SMILES string of the molecule is C=CCn1c2ccccc2c2cc(-c3nc4cc(OC(=O)O)ccc4n3CCOC)ccc21. The van der Waals surface area contributed by atoms with Gasteiger partial charge in [0, 0.05) is 53.6 Å². The van der Waals surface area contributed by atoms with Crippen molar-refractivity contribution in [3.8, 4) is 17.1 Å². The lowest BCUT2D eigenvalue weighted by Gasteiger charge is -2.10. The van der Waals surface area contributed by atoms with Crippen LogP contribution in [0.1, 0.15) is 0 Å². The van der Waals surface area contributed by atoms with Crippen molar-refractivity contribution in [1.82, 2.24) is 14.1 Å². The van der Waals surface area contributed by atoms with Crippen molar-refractivity contribution in [1.29, 1.82) is 0 Å². The predicted molar refractivity (Wildman–Crippen MR) is 129 cm³/mol. The number of para-hydroxylation sites is 1. The molecule has 0 fully saturated rings. The van der Waals surface area contributed by atoms with Gasteiger partial charge in [0.2, 0.25) is 0 Å². The summed E-state index contributed by atoms with van der Waals surface area (Å²) in [5.74, 6) is 1.03. The number of carboxylic acid groups (broad SMARTS) is 1. The van der Waals surface area contributed by atoms with E-state index in [4.69, 9.17) is 19.6 Å². The Hall–Kier alpha value is -4.10. The molecule has 0 saturated heterocycles. The molecule has 0 aliphatic heterocycles. The molecule has 1 N–H and O–H groups in total. The molecule has 0 bridgehead atoms. The summed E-state index contributed by atoms with van der Waals surface area (Å²) in [6.07, 6.45) is 0.551. The van der Waals surface area contributed by atoms with Gasteiger partial charge in [-0.15, -0.1) is 6.58 Å². The Morgan fingerprint density at radius 3 is 2.61 bits per heavy atom. The summed E-state index contributed by atoms with van der Waals surface area (Å²) >= 11 is 0. The van der Waals surface area contributed by atoms with E-state index in [0.29, 0.717) is 18.7 Å². The Labute approximate surface area is 190 Å². The summed E-state index contributed by atoms with van der Waals surface area (Å²) in [5.41, 5.74) is 4.81. The number of hydrogen-bond donors (Lipinski definition) is 1.